The predicted molar refractivity (Wildman–Crippen MR) is 80.1 cm³/mol. The lowest BCUT2D eigenvalue weighted by atomic mass is 10.2. The number of nitrogens with one attached hydrogen (secondary N) is 1. The number of aromatic nitrogens is 3. The number of ether oxygens (including phenoxy) is 1. The number of hydrogen-bond acceptors (Lipinski definition) is 4. The Morgan fingerprint density at radius 3 is 2.85 bits per heavy atom. The molecule has 0 spiro atoms. The Morgan fingerprint density at radius 2 is 2.15 bits per heavy atom. The van der Waals surface area contributed by atoms with E-state index in [1.165, 1.54) is 5.56 Å². The highest BCUT2D eigenvalue weighted by molar-refractivity contribution is 7.99. The molecule has 1 heterocycles. The molecule has 0 fully saturated rings. The molecule has 0 aliphatic carbocycles. The SMILES string of the molecule is COCCCn1c(SC(C)c2ccccc2)n[nH]c1=O. The van der Waals surface area contributed by atoms with Crippen LogP contribution in [0.5, 0.6) is 0 Å². The van der Waals surface area contributed by atoms with Crippen molar-refractivity contribution in [1.82, 2.24) is 14.8 Å². The van der Waals surface area contributed by atoms with Crippen molar-refractivity contribution in [3.8, 4) is 0 Å². The number of hydrogen-bond donors (Lipinski definition) is 1. The molecule has 0 saturated carbocycles. The second kappa shape index (κ2) is 7.31. The summed E-state index contributed by atoms with van der Waals surface area (Å²) < 4.78 is 6.69. The van der Waals surface area contributed by atoms with Gasteiger partial charge < -0.3 is 4.74 Å². The van der Waals surface area contributed by atoms with E-state index < -0.39 is 0 Å². The fourth-order valence-electron chi connectivity index (χ4n) is 1.91. The van der Waals surface area contributed by atoms with E-state index in [-0.39, 0.29) is 10.9 Å². The van der Waals surface area contributed by atoms with Gasteiger partial charge in [0.1, 0.15) is 0 Å². The fraction of sp³-hybridized carbons (Fsp3) is 0.429. The zero-order valence-electron chi connectivity index (χ0n) is 11.7. The molecule has 1 unspecified atom stereocenters. The van der Waals surface area contributed by atoms with Gasteiger partial charge in [0.25, 0.3) is 0 Å². The van der Waals surface area contributed by atoms with Gasteiger partial charge in [-0.05, 0) is 18.9 Å². The van der Waals surface area contributed by atoms with E-state index in [0.717, 1.165) is 11.6 Å². The molecule has 0 aliphatic rings. The van der Waals surface area contributed by atoms with Crippen LogP contribution in [-0.4, -0.2) is 28.5 Å². The van der Waals surface area contributed by atoms with E-state index in [1.54, 1.807) is 23.4 Å². The summed E-state index contributed by atoms with van der Waals surface area (Å²) in [6.07, 6.45) is 0.795. The van der Waals surface area contributed by atoms with Crippen LogP contribution < -0.4 is 5.69 Å². The van der Waals surface area contributed by atoms with Crippen LogP contribution in [0, 0.1) is 0 Å². The van der Waals surface area contributed by atoms with Crippen molar-refractivity contribution in [2.45, 2.75) is 30.3 Å². The van der Waals surface area contributed by atoms with Crippen molar-refractivity contribution in [2.24, 2.45) is 0 Å². The third-order valence-electron chi connectivity index (χ3n) is 3.00. The monoisotopic (exact) mass is 293 g/mol. The zero-order chi connectivity index (χ0) is 14.4. The Bertz CT molecular complexity index is 580. The molecule has 2 rings (SSSR count). The van der Waals surface area contributed by atoms with Crippen LogP contribution in [0.1, 0.15) is 24.2 Å². The molecular weight excluding hydrogens is 274 g/mol. The standard InChI is InChI=1S/C14H19N3O2S/c1-11(12-7-4-3-5-8-12)20-14-16-15-13(18)17(14)9-6-10-19-2/h3-5,7-8,11H,6,9-10H2,1-2H3,(H,15,18). The van der Waals surface area contributed by atoms with Gasteiger partial charge in [0.2, 0.25) is 0 Å². The maximum atomic E-state index is 11.7. The Morgan fingerprint density at radius 1 is 1.40 bits per heavy atom. The number of aromatic amines is 1. The topological polar surface area (TPSA) is 59.9 Å². The van der Waals surface area contributed by atoms with Gasteiger partial charge in [-0.25, -0.2) is 9.89 Å². The Kier molecular flexibility index (Phi) is 5.43. The van der Waals surface area contributed by atoms with Gasteiger partial charge in [0.15, 0.2) is 5.16 Å². The molecule has 5 nitrogen and oxygen atoms in total. The van der Waals surface area contributed by atoms with Crippen molar-refractivity contribution < 1.29 is 4.74 Å². The van der Waals surface area contributed by atoms with E-state index in [9.17, 15) is 4.79 Å². The zero-order valence-corrected chi connectivity index (χ0v) is 12.5. The molecular formula is C14H19N3O2S. The summed E-state index contributed by atoms with van der Waals surface area (Å²) in [5, 5.41) is 7.59. The van der Waals surface area contributed by atoms with E-state index in [0.29, 0.717) is 13.2 Å². The first-order valence-electron chi connectivity index (χ1n) is 6.58. The molecule has 0 radical (unpaired) electrons. The summed E-state index contributed by atoms with van der Waals surface area (Å²) in [7, 11) is 1.66. The second-order valence-corrected chi connectivity index (χ2v) is 5.79. The van der Waals surface area contributed by atoms with E-state index in [1.807, 2.05) is 18.2 Å². The summed E-state index contributed by atoms with van der Waals surface area (Å²) in [5.41, 5.74) is 1.06. The third-order valence-corrected chi connectivity index (χ3v) is 4.15. The smallest absolute Gasteiger partial charge is 0.343 e. The van der Waals surface area contributed by atoms with Crippen LogP contribution in [0.2, 0.25) is 0 Å². The summed E-state index contributed by atoms with van der Waals surface area (Å²) in [6, 6.07) is 10.2. The first kappa shape index (κ1) is 14.9. The molecule has 1 atom stereocenters. The van der Waals surface area contributed by atoms with Gasteiger partial charge in [-0.3, -0.25) is 4.57 Å². The maximum absolute atomic E-state index is 11.7. The van der Waals surface area contributed by atoms with E-state index in [2.05, 4.69) is 29.3 Å². The summed E-state index contributed by atoms with van der Waals surface area (Å²) in [4.78, 5) is 11.7. The van der Waals surface area contributed by atoms with Crippen LogP contribution in [0.15, 0.2) is 40.3 Å². The number of rotatable bonds is 7. The van der Waals surface area contributed by atoms with Crippen molar-refractivity contribution in [1.29, 1.82) is 0 Å². The number of nitrogens with zero attached hydrogens (tertiary/aromatic N) is 2. The second-order valence-electron chi connectivity index (χ2n) is 4.48. The first-order chi connectivity index (χ1) is 9.72. The van der Waals surface area contributed by atoms with E-state index in [4.69, 9.17) is 4.74 Å². The van der Waals surface area contributed by atoms with Gasteiger partial charge in [0, 0.05) is 25.5 Å². The number of methoxy groups -OCH3 is 1. The van der Waals surface area contributed by atoms with Crippen LogP contribution in [-0.2, 0) is 11.3 Å². The van der Waals surface area contributed by atoms with Gasteiger partial charge in [-0.2, -0.15) is 0 Å². The van der Waals surface area contributed by atoms with Crippen molar-refractivity contribution in [3.63, 3.8) is 0 Å². The summed E-state index contributed by atoms with van der Waals surface area (Å²) in [6.45, 7) is 3.36. The third kappa shape index (κ3) is 3.74. The minimum atomic E-state index is -0.163. The summed E-state index contributed by atoms with van der Waals surface area (Å²) >= 11 is 1.58. The van der Waals surface area contributed by atoms with Crippen molar-refractivity contribution >= 4 is 11.8 Å². The molecule has 0 saturated heterocycles. The van der Waals surface area contributed by atoms with Gasteiger partial charge in [-0.15, -0.1) is 5.10 Å². The fourth-order valence-corrected chi connectivity index (χ4v) is 2.92. The van der Waals surface area contributed by atoms with Crippen LogP contribution >= 0.6 is 11.8 Å². The molecule has 1 aromatic heterocycles. The Hall–Kier alpha value is -1.53. The minimum absolute atomic E-state index is 0.163. The quantitative estimate of drug-likeness (QED) is 0.629. The molecule has 6 heteroatoms. The summed E-state index contributed by atoms with van der Waals surface area (Å²) in [5.74, 6) is 0. The largest absolute Gasteiger partial charge is 0.385 e. The Balaban J connectivity index is 2.07. The predicted octanol–water partition coefficient (Wildman–Crippen LogP) is 2.46. The molecule has 0 amide bonds. The number of thioether (sulfide) groups is 1. The lowest BCUT2D eigenvalue weighted by Crippen LogP contribution is -2.18. The molecule has 108 valence electrons. The van der Waals surface area contributed by atoms with Gasteiger partial charge >= 0.3 is 5.69 Å². The highest BCUT2D eigenvalue weighted by Gasteiger charge is 2.14. The maximum Gasteiger partial charge on any atom is 0.343 e. The molecule has 1 aromatic carbocycles. The van der Waals surface area contributed by atoms with Crippen LogP contribution in [0.25, 0.3) is 0 Å². The average Bonchev–Trinajstić information content (AvgIpc) is 2.81. The molecule has 2 aromatic rings. The number of H-pyrrole nitrogens is 1. The van der Waals surface area contributed by atoms with Gasteiger partial charge in [0.05, 0.1) is 0 Å². The van der Waals surface area contributed by atoms with Crippen molar-refractivity contribution in [3.05, 3.63) is 46.4 Å². The molecule has 0 bridgehead atoms. The molecule has 1 N–H and O–H groups in total. The van der Waals surface area contributed by atoms with E-state index >= 15 is 0 Å². The lowest BCUT2D eigenvalue weighted by molar-refractivity contribution is 0.189. The minimum Gasteiger partial charge on any atom is -0.385 e. The van der Waals surface area contributed by atoms with Gasteiger partial charge in [-0.1, -0.05) is 42.1 Å². The normalized spacial score (nSPS) is 12.5. The highest BCUT2D eigenvalue weighted by Crippen LogP contribution is 2.32. The van der Waals surface area contributed by atoms with Crippen LogP contribution in [0.4, 0.5) is 0 Å². The molecule has 20 heavy (non-hydrogen) atoms. The lowest BCUT2D eigenvalue weighted by Gasteiger charge is -2.11. The van der Waals surface area contributed by atoms with Crippen molar-refractivity contribution in [2.75, 3.05) is 13.7 Å². The first-order valence-corrected chi connectivity index (χ1v) is 7.46. The number of benzene rings is 1. The Labute approximate surface area is 122 Å². The average molecular weight is 293 g/mol. The molecule has 0 aliphatic heterocycles. The highest BCUT2D eigenvalue weighted by atomic mass is 32.2. The van der Waals surface area contributed by atoms with Crippen LogP contribution in [0.3, 0.4) is 0 Å².